The van der Waals surface area contributed by atoms with Crippen molar-refractivity contribution in [3.05, 3.63) is 0 Å². The van der Waals surface area contributed by atoms with Crippen LogP contribution in [0.3, 0.4) is 0 Å². The molecule has 0 spiro atoms. The second kappa shape index (κ2) is 17.0. The van der Waals surface area contributed by atoms with Crippen LogP contribution in [-0.4, -0.2) is 24.4 Å². The summed E-state index contributed by atoms with van der Waals surface area (Å²) in [7, 11) is 0. The zero-order valence-corrected chi connectivity index (χ0v) is 8.49. The molecular formula is AgAuCuSb. The quantitative estimate of drug-likeness (QED) is 0.407. The van der Waals surface area contributed by atoms with Crippen molar-refractivity contribution < 1.29 is 61.8 Å². The van der Waals surface area contributed by atoms with Gasteiger partial charge < -0.3 is 0 Å². The van der Waals surface area contributed by atoms with Gasteiger partial charge in [-0.15, -0.1) is 0 Å². The normalized spacial score (nSPS) is 0. The summed E-state index contributed by atoms with van der Waals surface area (Å²) in [4.78, 5) is 0. The third kappa shape index (κ3) is 8.84. The minimum atomic E-state index is 0. The predicted octanol–water partition coefficient (Wildman–Crippen LogP) is -0.388. The van der Waals surface area contributed by atoms with Gasteiger partial charge in [0.15, 0.2) is 0 Å². The molecule has 0 saturated heterocycles. The van der Waals surface area contributed by atoms with Gasteiger partial charge in [-0.1, -0.05) is 0 Å². The van der Waals surface area contributed by atoms with E-state index >= 15 is 0 Å². The third-order valence-corrected chi connectivity index (χ3v) is 0. The van der Waals surface area contributed by atoms with E-state index < -0.39 is 0 Å². The average Bonchev–Trinajstić information content (AvgIpc) is 0. The Kier molecular flexibility index (Phi) is 124. The summed E-state index contributed by atoms with van der Waals surface area (Å²) < 4.78 is 0. The van der Waals surface area contributed by atoms with Crippen molar-refractivity contribution >= 4 is 24.4 Å². The number of rotatable bonds is 0. The van der Waals surface area contributed by atoms with Crippen molar-refractivity contribution in [2.24, 2.45) is 0 Å². The van der Waals surface area contributed by atoms with Gasteiger partial charge in [-0.2, -0.15) is 0 Å². The van der Waals surface area contributed by atoms with Gasteiger partial charge in [0.05, 0.1) is 0 Å². The Morgan fingerprint density at radius 1 is 1.00 bits per heavy atom. The summed E-state index contributed by atoms with van der Waals surface area (Å²) in [5.74, 6) is 0. The van der Waals surface area contributed by atoms with E-state index in [4.69, 9.17) is 0 Å². The van der Waals surface area contributed by atoms with Crippen LogP contribution in [0.4, 0.5) is 0 Å². The Labute approximate surface area is 84.8 Å². The van der Waals surface area contributed by atoms with Gasteiger partial charge in [0.2, 0.25) is 0 Å². The maximum atomic E-state index is 0. The standard InChI is InChI=1S/Ag.Au.Cu.Sb. The van der Waals surface area contributed by atoms with E-state index in [0.29, 0.717) is 0 Å². The Morgan fingerprint density at radius 2 is 1.00 bits per heavy atom. The Bertz CT molecular complexity index is 8.00. The van der Waals surface area contributed by atoms with E-state index in [9.17, 15) is 0 Å². The molecule has 0 amide bonds. The fraction of sp³-hybridized carbons (Fsp3) is 0. The molecule has 4 heteroatoms. The van der Waals surface area contributed by atoms with Crippen LogP contribution in [0.25, 0.3) is 0 Å². The molecule has 6 radical (unpaired) electrons. The van der Waals surface area contributed by atoms with Crippen molar-refractivity contribution in [1.29, 1.82) is 0 Å². The van der Waals surface area contributed by atoms with Gasteiger partial charge in [0, 0.05) is 86.3 Å². The van der Waals surface area contributed by atoms with Gasteiger partial charge in [0.1, 0.15) is 0 Å². The van der Waals surface area contributed by atoms with Crippen molar-refractivity contribution in [1.82, 2.24) is 0 Å². The van der Waals surface area contributed by atoms with Crippen LogP contribution in [0.5, 0.6) is 0 Å². The summed E-state index contributed by atoms with van der Waals surface area (Å²) >= 11 is 0. The molecule has 0 saturated carbocycles. The number of hydrogen-bond donors (Lipinski definition) is 0. The molecule has 0 fully saturated rings. The van der Waals surface area contributed by atoms with Crippen molar-refractivity contribution in [2.45, 2.75) is 0 Å². The first kappa shape index (κ1) is 29.1. The zero-order valence-electron chi connectivity index (χ0n) is 1.35. The molecule has 0 rings (SSSR count). The molecule has 4 heavy (non-hydrogen) atoms. The summed E-state index contributed by atoms with van der Waals surface area (Å²) in [6.07, 6.45) is 0. The van der Waals surface area contributed by atoms with Crippen LogP contribution < -0.4 is 0 Å². The summed E-state index contributed by atoms with van der Waals surface area (Å²) in [5.41, 5.74) is 0. The molecule has 0 aromatic heterocycles. The minimum absolute atomic E-state index is 0. The number of hydrogen-bond acceptors (Lipinski definition) is 0. The van der Waals surface area contributed by atoms with Crippen LogP contribution >= 0.6 is 0 Å². The third-order valence-electron chi connectivity index (χ3n) is 0. The fourth-order valence-electron chi connectivity index (χ4n) is 0. The minimum Gasteiger partial charge on any atom is 0 e. The SMILES string of the molecule is [Ag].[Au].[Cu].[Sb]. The maximum absolute atomic E-state index is 0. The smallest absolute Gasteiger partial charge is 0 e. The van der Waals surface area contributed by atoms with Crippen molar-refractivity contribution in [2.75, 3.05) is 0 Å². The monoisotopic (exact) mass is 488 g/mol. The summed E-state index contributed by atoms with van der Waals surface area (Å²) in [6.45, 7) is 0. The molecule has 0 heterocycles. The Hall–Kier alpha value is 2.82. The Balaban J connectivity index is 0. The zero-order chi connectivity index (χ0) is 0. The van der Waals surface area contributed by atoms with Crippen molar-refractivity contribution in [3.63, 3.8) is 0 Å². The molecule has 0 N–H and O–H groups in total. The van der Waals surface area contributed by atoms with E-state index in [1.165, 1.54) is 0 Å². The molecule has 38 valence electrons. The first-order valence-electron chi connectivity index (χ1n) is 0. The van der Waals surface area contributed by atoms with E-state index in [1.807, 2.05) is 0 Å². The van der Waals surface area contributed by atoms with E-state index in [2.05, 4.69) is 0 Å². The fourth-order valence-corrected chi connectivity index (χ4v) is 0. The topological polar surface area (TPSA) is 0 Å². The molecule has 0 aromatic rings. The van der Waals surface area contributed by atoms with Crippen LogP contribution in [0.1, 0.15) is 0 Å². The summed E-state index contributed by atoms with van der Waals surface area (Å²) in [6, 6.07) is 0. The van der Waals surface area contributed by atoms with Gasteiger partial charge >= 0.3 is 0 Å². The van der Waals surface area contributed by atoms with E-state index in [1.54, 1.807) is 0 Å². The molecule has 0 nitrogen and oxygen atoms in total. The van der Waals surface area contributed by atoms with Gasteiger partial charge in [0.25, 0.3) is 0 Å². The molecule has 0 aliphatic carbocycles. The molecule has 0 aliphatic rings. The molecule has 0 aliphatic heterocycles. The second-order valence-corrected chi connectivity index (χ2v) is 0. The van der Waals surface area contributed by atoms with Crippen LogP contribution in [0.2, 0.25) is 0 Å². The van der Waals surface area contributed by atoms with E-state index in [0.717, 1.165) is 0 Å². The molecule has 0 aromatic carbocycles. The van der Waals surface area contributed by atoms with Crippen LogP contribution in [-0.2, 0) is 61.8 Å². The Morgan fingerprint density at radius 3 is 1.00 bits per heavy atom. The predicted molar refractivity (Wildman–Crippen MR) is 5.75 cm³/mol. The van der Waals surface area contributed by atoms with Crippen LogP contribution in [0, 0.1) is 0 Å². The maximum Gasteiger partial charge on any atom is 0 e. The molecule has 0 bridgehead atoms. The molecule has 0 unspecified atom stereocenters. The first-order valence-corrected chi connectivity index (χ1v) is 0. The van der Waals surface area contributed by atoms with Gasteiger partial charge in [-0.3, -0.25) is 0 Å². The van der Waals surface area contributed by atoms with Crippen molar-refractivity contribution in [3.8, 4) is 0 Å². The average molecular weight is 490 g/mol. The van der Waals surface area contributed by atoms with Crippen LogP contribution in [0.15, 0.2) is 0 Å². The molecule has 0 atom stereocenters. The second-order valence-electron chi connectivity index (χ2n) is 0. The summed E-state index contributed by atoms with van der Waals surface area (Å²) in [5, 5.41) is 0. The van der Waals surface area contributed by atoms with E-state index in [-0.39, 0.29) is 86.3 Å². The largest absolute Gasteiger partial charge is 0 e. The van der Waals surface area contributed by atoms with Gasteiger partial charge in [-0.25, -0.2) is 0 Å². The van der Waals surface area contributed by atoms with Gasteiger partial charge in [-0.05, 0) is 0 Å². The molecular weight excluding hydrogens is 490 g/mol. The first-order chi connectivity index (χ1) is 0.